The van der Waals surface area contributed by atoms with Crippen LogP contribution in [0, 0.1) is 0 Å². The Bertz CT molecular complexity index is 625. The SMILES string of the molecule is C=CCCC(=O)N(C)[C@H](c1ccccc1)[C@H](O)c1ccccc1. The second-order valence-corrected chi connectivity index (χ2v) is 5.54. The smallest absolute Gasteiger partial charge is 0.223 e. The van der Waals surface area contributed by atoms with Gasteiger partial charge in [0, 0.05) is 13.5 Å². The summed E-state index contributed by atoms with van der Waals surface area (Å²) in [6, 6.07) is 18.7. The molecular weight excluding hydrogens is 286 g/mol. The fourth-order valence-corrected chi connectivity index (χ4v) is 2.66. The lowest BCUT2D eigenvalue weighted by Crippen LogP contribution is -2.34. The van der Waals surface area contributed by atoms with Crippen molar-refractivity contribution >= 4 is 5.91 Å². The van der Waals surface area contributed by atoms with Gasteiger partial charge < -0.3 is 10.0 Å². The van der Waals surface area contributed by atoms with Gasteiger partial charge in [-0.3, -0.25) is 4.79 Å². The molecule has 0 spiro atoms. The molecule has 2 aromatic carbocycles. The summed E-state index contributed by atoms with van der Waals surface area (Å²) in [6.07, 6.45) is 1.98. The topological polar surface area (TPSA) is 40.5 Å². The van der Waals surface area contributed by atoms with E-state index in [1.807, 2.05) is 60.7 Å². The molecule has 1 N–H and O–H groups in total. The van der Waals surface area contributed by atoms with E-state index < -0.39 is 12.1 Å². The normalized spacial score (nSPS) is 13.1. The molecule has 23 heavy (non-hydrogen) atoms. The lowest BCUT2D eigenvalue weighted by atomic mass is 9.94. The predicted octanol–water partition coefficient (Wildman–Crippen LogP) is 3.89. The van der Waals surface area contributed by atoms with Crippen molar-refractivity contribution in [3.63, 3.8) is 0 Å². The molecule has 0 unspecified atom stereocenters. The van der Waals surface area contributed by atoms with Crippen molar-refractivity contribution in [2.24, 2.45) is 0 Å². The number of carbonyl (C=O) groups is 1. The average Bonchev–Trinajstić information content (AvgIpc) is 2.61. The Kier molecular flexibility index (Phi) is 6.12. The molecule has 0 aromatic heterocycles. The monoisotopic (exact) mass is 309 g/mol. The van der Waals surface area contributed by atoms with Crippen LogP contribution in [0.5, 0.6) is 0 Å². The van der Waals surface area contributed by atoms with Crippen LogP contribution < -0.4 is 0 Å². The maximum atomic E-state index is 12.4. The Labute approximate surface area is 137 Å². The molecule has 3 nitrogen and oxygen atoms in total. The van der Waals surface area contributed by atoms with Crippen LogP contribution in [0.2, 0.25) is 0 Å². The number of benzene rings is 2. The van der Waals surface area contributed by atoms with Crippen molar-refractivity contribution in [3.8, 4) is 0 Å². The molecule has 2 atom stereocenters. The molecule has 0 heterocycles. The van der Waals surface area contributed by atoms with E-state index in [0.29, 0.717) is 12.8 Å². The number of amides is 1. The van der Waals surface area contributed by atoms with Gasteiger partial charge in [-0.15, -0.1) is 6.58 Å². The number of hydrogen-bond donors (Lipinski definition) is 1. The first-order chi connectivity index (χ1) is 11.1. The van der Waals surface area contributed by atoms with Crippen LogP contribution in [0.1, 0.15) is 36.1 Å². The molecule has 0 radical (unpaired) electrons. The van der Waals surface area contributed by atoms with Crippen molar-refractivity contribution in [2.75, 3.05) is 7.05 Å². The fourth-order valence-electron chi connectivity index (χ4n) is 2.66. The zero-order valence-electron chi connectivity index (χ0n) is 13.4. The summed E-state index contributed by atoms with van der Waals surface area (Å²) in [4.78, 5) is 14.1. The van der Waals surface area contributed by atoms with E-state index in [1.165, 1.54) is 0 Å². The summed E-state index contributed by atoms with van der Waals surface area (Å²) >= 11 is 0. The molecule has 2 aromatic rings. The van der Waals surface area contributed by atoms with E-state index in [9.17, 15) is 9.90 Å². The van der Waals surface area contributed by atoms with E-state index in [1.54, 1.807) is 18.0 Å². The third-order valence-electron chi connectivity index (χ3n) is 3.95. The Hall–Kier alpha value is -2.39. The zero-order chi connectivity index (χ0) is 16.7. The second-order valence-electron chi connectivity index (χ2n) is 5.54. The van der Waals surface area contributed by atoms with E-state index in [4.69, 9.17) is 0 Å². The number of aliphatic hydroxyl groups excluding tert-OH is 1. The van der Waals surface area contributed by atoms with Gasteiger partial charge in [-0.05, 0) is 17.5 Å². The van der Waals surface area contributed by atoms with Crippen LogP contribution in [0.15, 0.2) is 73.3 Å². The molecule has 0 aliphatic rings. The summed E-state index contributed by atoms with van der Waals surface area (Å²) in [5, 5.41) is 10.9. The first-order valence-corrected chi connectivity index (χ1v) is 7.79. The molecule has 0 bridgehead atoms. The van der Waals surface area contributed by atoms with Crippen LogP contribution in [0.4, 0.5) is 0 Å². The maximum absolute atomic E-state index is 12.4. The number of aliphatic hydroxyl groups is 1. The zero-order valence-corrected chi connectivity index (χ0v) is 13.4. The predicted molar refractivity (Wildman–Crippen MR) is 92.8 cm³/mol. The highest BCUT2D eigenvalue weighted by Crippen LogP contribution is 2.33. The highest BCUT2D eigenvalue weighted by Gasteiger charge is 2.29. The Morgan fingerprint density at radius 2 is 1.61 bits per heavy atom. The van der Waals surface area contributed by atoms with E-state index >= 15 is 0 Å². The van der Waals surface area contributed by atoms with Crippen molar-refractivity contribution in [2.45, 2.75) is 25.0 Å². The number of likely N-dealkylation sites (N-methyl/N-ethyl adjacent to an activating group) is 1. The minimum Gasteiger partial charge on any atom is -0.386 e. The summed E-state index contributed by atoms with van der Waals surface area (Å²) in [5.41, 5.74) is 1.71. The summed E-state index contributed by atoms with van der Waals surface area (Å²) < 4.78 is 0. The molecule has 3 heteroatoms. The van der Waals surface area contributed by atoms with Gasteiger partial charge in [-0.2, -0.15) is 0 Å². The molecule has 0 aliphatic heterocycles. The largest absolute Gasteiger partial charge is 0.386 e. The Morgan fingerprint density at radius 1 is 1.09 bits per heavy atom. The van der Waals surface area contributed by atoms with Gasteiger partial charge in [-0.1, -0.05) is 66.7 Å². The highest BCUT2D eigenvalue weighted by molar-refractivity contribution is 5.76. The van der Waals surface area contributed by atoms with Gasteiger partial charge in [0.15, 0.2) is 0 Å². The lowest BCUT2D eigenvalue weighted by molar-refractivity contribution is -0.134. The summed E-state index contributed by atoms with van der Waals surface area (Å²) in [5.74, 6) is -0.00580. The first-order valence-electron chi connectivity index (χ1n) is 7.79. The second kappa shape index (κ2) is 8.30. The maximum Gasteiger partial charge on any atom is 0.223 e. The Balaban J connectivity index is 2.32. The van der Waals surface area contributed by atoms with Crippen LogP contribution in [0.3, 0.4) is 0 Å². The van der Waals surface area contributed by atoms with Crippen molar-refractivity contribution in [1.29, 1.82) is 0 Å². The fraction of sp³-hybridized carbons (Fsp3) is 0.250. The molecule has 0 saturated carbocycles. The molecule has 0 saturated heterocycles. The standard InChI is InChI=1S/C20H23NO2/c1-3-4-15-18(22)21(2)19(16-11-7-5-8-12-16)20(23)17-13-9-6-10-14-17/h3,5-14,19-20,23H,1,4,15H2,2H3/t19-,20-/m1/s1. The number of rotatable bonds is 7. The lowest BCUT2D eigenvalue weighted by Gasteiger charge is -2.33. The average molecular weight is 309 g/mol. The van der Waals surface area contributed by atoms with Crippen molar-refractivity contribution in [3.05, 3.63) is 84.4 Å². The molecule has 0 aliphatic carbocycles. The summed E-state index contributed by atoms with van der Waals surface area (Å²) in [7, 11) is 1.75. The van der Waals surface area contributed by atoms with Crippen LogP contribution in [-0.4, -0.2) is 23.0 Å². The van der Waals surface area contributed by atoms with Crippen LogP contribution in [0.25, 0.3) is 0 Å². The molecule has 120 valence electrons. The minimum absolute atomic E-state index is 0.00580. The third-order valence-corrected chi connectivity index (χ3v) is 3.95. The van der Waals surface area contributed by atoms with Crippen molar-refractivity contribution in [1.82, 2.24) is 4.90 Å². The molecule has 2 rings (SSSR count). The third kappa shape index (κ3) is 4.30. The quantitative estimate of drug-likeness (QED) is 0.788. The van der Waals surface area contributed by atoms with E-state index in [-0.39, 0.29) is 5.91 Å². The molecule has 1 amide bonds. The number of allylic oxidation sites excluding steroid dienone is 1. The van der Waals surface area contributed by atoms with E-state index in [0.717, 1.165) is 11.1 Å². The van der Waals surface area contributed by atoms with Crippen LogP contribution in [-0.2, 0) is 4.79 Å². The first kappa shape index (κ1) is 17.0. The number of nitrogens with zero attached hydrogens (tertiary/aromatic N) is 1. The Morgan fingerprint density at radius 3 is 2.13 bits per heavy atom. The number of hydrogen-bond acceptors (Lipinski definition) is 2. The highest BCUT2D eigenvalue weighted by atomic mass is 16.3. The van der Waals surface area contributed by atoms with E-state index in [2.05, 4.69) is 6.58 Å². The van der Waals surface area contributed by atoms with Gasteiger partial charge in [-0.25, -0.2) is 0 Å². The number of carbonyl (C=O) groups excluding carboxylic acids is 1. The van der Waals surface area contributed by atoms with Gasteiger partial charge in [0.25, 0.3) is 0 Å². The van der Waals surface area contributed by atoms with Gasteiger partial charge in [0.05, 0.1) is 6.04 Å². The summed E-state index contributed by atoms with van der Waals surface area (Å²) in [6.45, 7) is 3.66. The van der Waals surface area contributed by atoms with Gasteiger partial charge >= 0.3 is 0 Å². The molecular formula is C20H23NO2. The van der Waals surface area contributed by atoms with Crippen molar-refractivity contribution < 1.29 is 9.90 Å². The molecule has 0 fully saturated rings. The van der Waals surface area contributed by atoms with Gasteiger partial charge in [0.2, 0.25) is 5.91 Å². The minimum atomic E-state index is -0.781. The van der Waals surface area contributed by atoms with Gasteiger partial charge in [0.1, 0.15) is 6.10 Å². The van der Waals surface area contributed by atoms with Crippen LogP contribution >= 0.6 is 0 Å².